The maximum Gasteiger partial charge on any atom is 0.191 e. The van der Waals surface area contributed by atoms with E-state index >= 15 is 0 Å². The monoisotopic (exact) mass is 341 g/mol. The molecule has 0 aliphatic heterocycles. The first-order chi connectivity index (χ1) is 11.0. The summed E-state index contributed by atoms with van der Waals surface area (Å²) in [5.41, 5.74) is 0.474. The summed E-state index contributed by atoms with van der Waals surface area (Å²) in [7, 11) is 1.69. The third-order valence-corrected chi connectivity index (χ3v) is 4.28. The van der Waals surface area contributed by atoms with Crippen LogP contribution < -0.4 is 10.6 Å². The number of methoxy groups -OCH3 is 1. The van der Waals surface area contributed by atoms with E-state index in [2.05, 4.69) is 15.6 Å². The Balaban J connectivity index is 2.33. The molecule has 0 fully saturated rings. The van der Waals surface area contributed by atoms with Crippen molar-refractivity contribution in [2.45, 2.75) is 32.1 Å². The van der Waals surface area contributed by atoms with E-state index in [1.165, 1.54) is 6.07 Å². The molecule has 0 heterocycles. The van der Waals surface area contributed by atoms with E-state index in [1.807, 2.05) is 32.9 Å². The van der Waals surface area contributed by atoms with E-state index < -0.39 is 0 Å². The molecular weight excluding hydrogens is 313 g/mol. The fourth-order valence-electron chi connectivity index (χ4n) is 1.71. The Labute approximate surface area is 143 Å². The van der Waals surface area contributed by atoms with Gasteiger partial charge in [-0.25, -0.2) is 4.39 Å². The normalized spacial score (nSPS) is 12.3. The molecule has 0 aromatic heterocycles. The van der Waals surface area contributed by atoms with Gasteiger partial charge >= 0.3 is 0 Å². The van der Waals surface area contributed by atoms with E-state index in [0.29, 0.717) is 12.3 Å². The molecule has 130 valence electrons. The van der Waals surface area contributed by atoms with Gasteiger partial charge in [0.2, 0.25) is 0 Å². The maximum absolute atomic E-state index is 13.5. The lowest BCUT2D eigenvalue weighted by atomic mass is 10.1. The summed E-state index contributed by atoms with van der Waals surface area (Å²) in [4.78, 5) is 4.53. The van der Waals surface area contributed by atoms with Crippen LogP contribution in [0.4, 0.5) is 4.39 Å². The Morgan fingerprint density at radius 2 is 2.04 bits per heavy atom. The fourth-order valence-corrected chi connectivity index (χ4v) is 2.56. The number of ether oxygens (including phenoxy) is 1. The molecule has 1 rings (SSSR count). The highest BCUT2D eigenvalue weighted by atomic mass is 32.2. The second-order valence-corrected chi connectivity index (χ2v) is 6.83. The lowest BCUT2D eigenvalue weighted by molar-refractivity contribution is 0.0311. The van der Waals surface area contributed by atoms with Crippen molar-refractivity contribution in [3.63, 3.8) is 0 Å². The number of halogens is 1. The predicted octanol–water partition coefficient (Wildman–Crippen LogP) is 3.04. The molecule has 0 radical (unpaired) electrons. The Morgan fingerprint density at radius 1 is 1.30 bits per heavy atom. The molecule has 0 aliphatic rings. The van der Waals surface area contributed by atoms with Crippen LogP contribution in [-0.2, 0) is 10.5 Å². The number of rotatable bonds is 9. The average Bonchev–Trinajstić information content (AvgIpc) is 2.54. The molecule has 23 heavy (non-hydrogen) atoms. The van der Waals surface area contributed by atoms with Gasteiger partial charge in [0.15, 0.2) is 5.96 Å². The van der Waals surface area contributed by atoms with Crippen molar-refractivity contribution in [3.05, 3.63) is 35.6 Å². The lowest BCUT2D eigenvalue weighted by Gasteiger charge is -2.21. The summed E-state index contributed by atoms with van der Waals surface area (Å²) in [5.74, 6) is 2.21. The van der Waals surface area contributed by atoms with Gasteiger partial charge in [-0.1, -0.05) is 18.2 Å². The van der Waals surface area contributed by atoms with Crippen molar-refractivity contribution in [1.82, 2.24) is 10.6 Å². The number of hydrogen-bond donors (Lipinski definition) is 2. The molecule has 1 aromatic carbocycles. The molecule has 0 saturated heterocycles. The first kappa shape index (κ1) is 19.8. The highest BCUT2D eigenvalue weighted by Gasteiger charge is 2.15. The number of aliphatic imine (C=N–C) groups is 1. The van der Waals surface area contributed by atoms with Crippen LogP contribution in [0.1, 0.15) is 26.3 Å². The Kier molecular flexibility index (Phi) is 9.02. The number of thioether (sulfide) groups is 1. The van der Waals surface area contributed by atoms with Gasteiger partial charge in [0.25, 0.3) is 0 Å². The van der Waals surface area contributed by atoms with Crippen molar-refractivity contribution >= 4 is 17.7 Å². The lowest BCUT2D eigenvalue weighted by Crippen LogP contribution is -2.40. The smallest absolute Gasteiger partial charge is 0.191 e. The molecule has 0 atom stereocenters. The highest BCUT2D eigenvalue weighted by Crippen LogP contribution is 2.14. The topological polar surface area (TPSA) is 45.7 Å². The number of benzene rings is 1. The zero-order chi connectivity index (χ0) is 17.1. The second kappa shape index (κ2) is 10.5. The number of nitrogens with one attached hydrogen (secondary N) is 2. The van der Waals surface area contributed by atoms with Crippen molar-refractivity contribution in [1.29, 1.82) is 0 Å². The van der Waals surface area contributed by atoms with Crippen LogP contribution in [0.3, 0.4) is 0 Å². The maximum atomic E-state index is 13.5. The molecule has 0 unspecified atom stereocenters. The van der Waals surface area contributed by atoms with Crippen molar-refractivity contribution in [3.8, 4) is 0 Å². The predicted molar refractivity (Wildman–Crippen MR) is 97.6 cm³/mol. The molecule has 0 aliphatic carbocycles. The summed E-state index contributed by atoms with van der Waals surface area (Å²) in [6, 6.07) is 6.91. The van der Waals surface area contributed by atoms with Gasteiger partial charge < -0.3 is 15.4 Å². The van der Waals surface area contributed by atoms with Gasteiger partial charge in [0.1, 0.15) is 5.82 Å². The van der Waals surface area contributed by atoms with Crippen LogP contribution in [0.25, 0.3) is 0 Å². The second-order valence-electron chi connectivity index (χ2n) is 5.73. The molecule has 6 heteroatoms. The molecule has 4 nitrogen and oxygen atoms in total. The van der Waals surface area contributed by atoms with Crippen molar-refractivity contribution in [2.75, 3.05) is 32.5 Å². The van der Waals surface area contributed by atoms with Crippen LogP contribution in [0, 0.1) is 5.82 Å². The van der Waals surface area contributed by atoms with E-state index in [1.54, 1.807) is 24.9 Å². The van der Waals surface area contributed by atoms with Crippen LogP contribution in [0.15, 0.2) is 29.3 Å². The van der Waals surface area contributed by atoms with Gasteiger partial charge in [0, 0.05) is 31.7 Å². The molecular formula is C17H28FN3OS. The molecule has 0 bridgehead atoms. The SMILES string of the molecule is CCNC(=NCC(C)(C)OC)NCCSCc1ccccc1F. The van der Waals surface area contributed by atoms with Gasteiger partial charge in [-0.15, -0.1) is 0 Å². The Hall–Kier alpha value is -1.27. The van der Waals surface area contributed by atoms with Crippen molar-refractivity contribution < 1.29 is 9.13 Å². The molecule has 0 amide bonds. The van der Waals surface area contributed by atoms with Gasteiger partial charge in [-0.05, 0) is 32.4 Å². The highest BCUT2D eigenvalue weighted by molar-refractivity contribution is 7.98. The largest absolute Gasteiger partial charge is 0.377 e. The summed E-state index contributed by atoms with van der Waals surface area (Å²) in [6.45, 7) is 8.21. The minimum absolute atomic E-state index is 0.135. The minimum Gasteiger partial charge on any atom is -0.377 e. The minimum atomic E-state index is -0.276. The first-order valence-corrected chi connectivity index (χ1v) is 9.02. The van der Waals surface area contributed by atoms with Gasteiger partial charge in [-0.2, -0.15) is 11.8 Å². The number of guanidine groups is 1. The number of hydrogen-bond acceptors (Lipinski definition) is 3. The van der Waals surface area contributed by atoms with Crippen LogP contribution >= 0.6 is 11.8 Å². The van der Waals surface area contributed by atoms with E-state index in [4.69, 9.17) is 4.74 Å². The number of nitrogens with zero attached hydrogens (tertiary/aromatic N) is 1. The quantitative estimate of drug-likeness (QED) is 0.412. The average molecular weight is 341 g/mol. The van der Waals surface area contributed by atoms with E-state index in [9.17, 15) is 4.39 Å². The summed E-state index contributed by atoms with van der Waals surface area (Å²) < 4.78 is 18.9. The molecule has 0 spiro atoms. The summed E-state index contributed by atoms with van der Waals surface area (Å²) in [5, 5.41) is 6.50. The zero-order valence-corrected chi connectivity index (χ0v) is 15.3. The van der Waals surface area contributed by atoms with Crippen molar-refractivity contribution in [2.24, 2.45) is 4.99 Å². The van der Waals surface area contributed by atoms with Gasteiger partial charge in [-0.3, -0.25) is 4.99 Å². The van der Waals surface area contributed by atoms with E-state index in [0.717, 1.165) is 30.4 Å². The standard InChI is InChI=1S/C17H28FN3OS/c1-5-19-16(21-13-17(2,3)22-4)20-10-11-23-12-14-8-6-7-9-15(14)18/h6-9H,5,10-13H2,1-4H3,(H2,19,20,21). The molecule has 1 aromatic rings. The summed E-state index contributed by atoms with van der Waals surface area (Å²) >= 11 is 1.70. The van der Waals surface area contributed by atoms with E-state index in [-0.39, 0.29) is 11.4 Å². The Morgan fingerprint density at radius 3 is 2.70 bits per heavy atom. The molecule has 2 N–H and O–H groups in total. The molecule has 0 saturated carbocycles. The van der Waals surface area contributed by atoms with Gasteiger partial charge in [0.05, 0.1) is 12.1 Å². The van der Waals surface area contributed by atoms with Crippen LogP contribution in [0.2, 0.25) is 0 Å². The fraction of sp³-hybridized carbons (Fsp3) is 0.588. The van der Waals surface area contributed by atoms with Crippen LogP contribution in [0.5, 0.6) is 0 Å². The third-order valence-electron chi connectivity index (χ3n) is 3.27. The summed E-state index contributed by atoms with van der Waals surface area (Å²) in [6.07, 6.45) is 0. The Bertz CT molecular complexity index is 494. The first-order valence-electron chi connectivity index (χ1n) is 7.87. The van der Waals surface area contributed by atoms with Crippen LogP contribution in [-0.4, -0.2) is 44.1 Å². The third kappa shape index (κ3) is 8.23. The zero-order valence-electron chi connectivity index (χ0n) is 14.5.